The fraction of sp³-hybridized carbons (Fsp3) is 0.294. The largest absolute Gasteiger partial charge is 0.468 e. The molecule has 0 unspecified atom stereocenters. The number of methoxy groups -OCH3 is 2. The summed E-state index contributed by atoms with van der Waals surface area (Å²) in [5.74, 6) is -2.09. The third kappa shape index (κ3) is 5.26. The lowest BCUT2D eigenvalue weighted by atomic mass is 10.0. The normalized spacial score (nSPS) is 11.7. The predicted octanol–water partition coefficient (Wildman–Crippen LogP) is 3.00. The van der Waals surface area contributed by atoms with E-state index in [2.05, 4.69) is 9.47 Å². The van der Waals surface area contributed by atoms with Crippen LogP contribution in [0, 0.1) is 5.92 Å². The summed E-state index contributed by atoms with van der Waals surface area (Å²) in [5, 5.41) is 0. The van der Waals surface area contributed by atoms with Crippen LogP contribution >= 0.6 is 0 Å². The molecule has 0 fully saturated rings. The molecule has 4 nitrogen and oxygen atoms in total. The molecule has 0 amide bonds. The second-order valence-corrected chi connectivity index (χ2v) is 4.48. The average Bonchev–Trinajstić information content (AvgIpc) is 2.54. The summed E-state index contributed by atoms with van der Waals surface area (Å²) >= 11 is 0. The summed E-state index contributed by atoms with van der Waals surface area (Å²) < 4.78 is 9.19. The Hall–Kier alpha value is -2.36. The molecule has 0 bridgehead atoms. The Labute approximate surface area is 125 Å². The average molecular weight is 288 g/mol. The Bertz CT molecular complexity index is 513. The lowest BCUT2D eigenvalue weighted by Crippen LogP contribution is -2.25. The van der Waals surface area contributed by atoms with E-state index in [0.29, 0.717) is 0 Å². The van der Waals surface area contributed by atoms with Gasteiger partial charge in [0.15, 0.2) is 5.92 Å². The van der Waals surface area contributed by atoms with E-state index in [1.165, 1.54) is 14.2 Å². The van der Waals surface area contributed by atoms with Crippen LogP contribution in [0.4, 0.5) is 0 Å². The third-order valence-corrected chi connectivity index (χ3v) is 3.05. The molecule has 0 radical (unpaired) electrons. The first-order chi connectivity index (χ1) is 10.1. The van der Waals surface area contributed by atoms with Crippen LogP contribution in [-0.2, 0) is 19.1 Å². The van der Waals surface area contributed by atoms with Crippen molar-refractivity contribution in [3.63, 3.8) is 0 Å². The van der Waals surface area contributed by atoms with Crippen molar-refractivity contribution >= 4 is 17.5 Å². The van der Waals surface area contributed by atoms with Gasteiger partial charge in [-0.2, -0.15) is 0 Å². The first-order valence-corrected chi connectivity index (χ1v) is 6.64. The minimum absolute atomic E-state index is 0.248. The Morgan fingerprint density at radius 1 is 1.10 bits per heavy atom. The Kier molecular flexibility index (Phi) is 6.95. The lowest BCUT2D eigenvalue weighted by molar-refractivity contribution is -0.158. The van der Waals surface area contributed by atoms with Gasteiger partial charge < -0.3 is 9.47 Å². The molecule has 1 rings (SSSR count). The van der Waals surface area contributed by atoms with Gasteiger partial charge in [0.25, 0.3) is 0 Å². The maximum atomic E-state index is 11.5. The number of hydrogen-bond acceptors (Lipinski definition) is 4. The number of esters is 2. The molecule has 0 N–H and O–H groups in total. The van der Waals surface area contributed by atoms with E-state index in [4.69, 9.17) is 0 Å². The summed E-state index contributed by atoms with van der Waals surface area (Å²) in [5.41, 5.74) is 2.22. The standard InChI is InChI=1S/C17H20O4/c1-13(14-10-5-4-6-11-14)9-7-8-12-15(16(18)20-2)17(19)21-3/h4-11,15H,12H2,1-3H3/b8-7+,13-9+. The fourth-order valence-corrected chi connectivity index (χ4v) is 1.80. The molecule has 0 saturated carbocycles. The van der Waals surface area contributed by atoms with Crippen LogP contribution in [-0.4, -0.2) is 26.2 Å². The number of benzene rings is 1. The maximum Gasteiger partial charge on any atom is 0.320 e. The maximum absolute atomic E-state index is 11.5. The highest BCUT2D eigenvalue weighted by molar-refractivity contribution is 5.94. The zero-order valence-corrected chi connectivity index (χ0v) is 12.5. The highest BCUT2D eigenvalue weighted by atomic mass is 16.5. The zero-order chi connectivity index (χ0) is 15.7. The Morgan fingerprint density at radius 2 is 1.67 bits per heavy atom. The number of carbonyl (C=O) groups is 2. The van der Waals surface area contributed by atoms with E-state index in [1.807, 2.05) is 49.4 Å². The highest BCUT2D eigenvalue weighted by Crippen LogP contribution is 2.13. The van der Waals surface area contributed by atoms with Crippen LogP contribution in [0.15, 0.2) is 48.6 Å². The van der Waals surface area contributed by atoms with Crippen molar-refractivity contribution in [3.05, 3.63) is 54.1 Å². The van der Waals surface area contributed by atoms with E-state index in [1.54, 1.807) is 6.08 Å². The number of ether oxygens (including phenoxy) is 2. The van der Waals surface area contributed by atoms with Gasteiger partial charge in [0, 0.05) is 0 Å². The molecule has 4 heteroatoms. The second-order valence-electron chi connectivity index (χ2n) is 4.48. The van der Waals surface area contributed by atoms with Crippen molar-refractivity contribution in [1.29, 1.82) is 0 Å². The van der Waals surface area contributed by atoms with Gasteiger partial charge in [0.2, 0.25) is 0 Å². The van der Waals surface area contributed by atoms with Crippen LogP contribution < -0.4 is 0 Å². The first kappa shape index (κ1) is 16.7. The van der Waals surface area contributed by atoms with E-state index in [9.17, 15) is 9.59 Å². The molecule has 0 aliphatic carbocycles. The van der Waals surface area contributed by atoms with Gasteiger partial charge in [0.1, 0.15) is 0 Å². The molecule has 0 aliphatic heterocycles. The SMILES string of the molecule is COC(=O)C(C/C=C/C=C(\C)c1ccccc1)C(=O)OC. The minimum atomic E-state index is -0.915. The molecule has 0 aliphatic rings. The Balaban J connectivity index is 2.67. The zero-order valence-electron chi connectivity index (χ0n) is 12.5. The number of hydrogen-bond donors (Lipinski definition) is 0. The lowest BCUT2D eigenvalue weighted by Gasteiger charge is -2.09. The van der Waals surface area contributed by atoms with Gasteiger partial charge >= 0.3 is 11.9 Å². The summed E-state index contributed by atoms with van der Waals surface area (Å²) in [6, 6.07) is 9.95. The minimum Gasteiger partial charge on any atom is -0.468 e. The number of carbonyl (C=O) groups excluding carboxylic acids is 2. The molecule has 112 valence electrons. The van der Waals surface area contributed by atoms with Crippen LogP contribution in [0.1, 0.15) is 18.9 Å². The smallest absolute Gasteiger partial charge is 0.320 e. The molecule has 1 aromatic rings. The van der Waals surface area contributed by atoms with Crippen LogP contribution in [0.5, 0.6) is 0 Å². The quantitative estimate of drug-likeness (QED) is 0.459. The van der Waals surface area contributed by atoms with Gasteiger partial charge in [-0.15, -0.1) is 0 Å². The molecule has 21 heavy (non-hydrogen) atoms. The van der Waals surface area contributed by atoms with Crippen LogP contribution in [0.3, 0.4) is 0 Å². The molecular weight excluding hydrogens is 268 g/mol. The van der Waals surface area contributed by atoms with Crippen molar-refractivity contribution in [2.24, 2.45) is 5.92 Å². The van der Waals surface area contributed by atoms with Gasteiger partial charge in [0.05, 0.1) is 14.2 Å². The van der Waals surface area contributed by atoms with E-state index in [-0.39, 0.29) is 6.42 Å². The number of allylic oxidation sites excluding steroid dienone is 4. The highest BCUT2D eigenvalue weighted by Gasteiger charge is 2.26. The third-order valence-electron chi connectivity index (χ3n) is 3.05. The van der Waals surface area contributed by atoms with Crippen molar-refractivity contribution in [3.8, 4) is 0 Å². The fourth-order valence-electron chi connectivity index (χ4n) is 1.80. The van der Waals surface area contributed by atoms with Crippen LogP contribution in [0.25, 0.3) is 5.57 Å². The van der Waals surface area contributed by atoms with E-state index >= 15 is 0 Å². The van der Waals surface area contributed by atoms with E-state index < -0.39 is 17.9 Å². The molecule has 0 aromatic heterocycles. The van der Waals surface area contributed by atoms with Gasteiger partial charge in [-0.3, -0.25) is 9.59 Å². The monoisotopic (exact) mass is 288 g/mol. The Morgan fingerprint density at radius 3 is 2.19 bits per heavy atom. The summed E-state index contributed by atoms with van der Waals surface area (Å²) in [4.78, 5) is 23.0. The van der Waals surface area contributed by atoms with Crippen LogP contribution in [0.2, 0.25) is 0 Å². The van der Waals surface area contributed by atoms with Gasteiger partial charge in [-0.05, 0) is 24.5 Å². The molecule has 1 aromatic carbocycles. The molecule has 0 saturated heterocycles. The van der Waals surface area contributed by atoms with Gasteiger partial charge in [-0.25, -0.2) is 0 Å². The van der Waals surface area contributed by atoms with Crippen molar-refractivity contribution < 1.29 is 19.1 Å². The number of rotatable bonds is 6. The van der Waals surface area contributed by atoms with Gasteiger partial charge in [-0.1, -0.05) is 48.6 Å². The summed E-state index contributed by atoms with van der Waals surface area (Å²) in [6.45, 7) is 2.00. The second kappa shape index (κ2) is 8.74. The first-order valence-electron chi connectivity index (χ1n) is 6.64. The molecule has 0 spiro atoms. The summed E-state index contributed by atoms with van der Waals surface area (Å²) in [7, 11) is 2.50. The van der Waals surface area contributed by atoms with Crippen molar-refractivity contribution in [1.82, 2.24) is 0 Å². The van der Waals surface area contributed by atoms with Crippen molar-refractivity contribution in [2.45, 2.75) is 13.3 Å². The topological polar surface area (TPSA) is 52.6 Å². The van der Waals surface area contributed by atoms with E-state index in [0.717, 1.165) is 11.1 Å². The molecule has 0 heterocycles. The molecule has 0 atom stereocenters. The molecular formula is C17H20O4. The predicted molar refractivity (Wildman–Crippen MR) is 81.4 cm³/mol. The van der Waals surface area contributed by atoms with Crippen molar-refractivity contribution in [2.75, 3.05) is 14.2 Å². The summed E-state index contributed by atoms with van der Waals surface area (Å²) in [6.07, 6.45) is 5.75.